The number of nitrogens with one attached hydrogen (secondary N) is 1. The summed E-state index contributed by atoms with van der Waals surface area (Å²) in [7, 11) is 0. The highest BCUT2D eigenvalue weighted by molar-refractivity contribution is 6.34. The largest absolute Gasteiger partial charge is 0.339 e. The van der Waals surface area contributed by atoms with Gasteiger partial charge in [0, 0.05) is 31.2 Å². The van der Waals surface area contributed by atoms with Crippen LogP contribution in [0, 0.1) is 0 Å². The molecule has 2 amide bonds. The molecule has 0 saturated carbocycles. The second-order valence-corrected chi connectivity index (χ2v) is 6.52. The molecule has 0 aliphatic carbocycles. The molecule has 1 heterocycles. The van der Waals surface area contributed by atoms with E-state index in [1.54, 1.807) is 18.2 Å². The van der Waals surface area contributed by atoms with Crippen molar-refractivity contribution in [3.8, 4) is 0 Å². The quantitative estimate of drug-likeness (QED) is 0.867. The molecule has 1 aromatic rings. The van der Waals surface area contributed by atoms with Crippen LogP contribution in [0.3, 0.4) is 0 Å². The number of carbonyl (C=O) groups is 2. The average Bonchev–Trinajstić information content (AvgIpc) is 2.53. The van der Waals surface area contributed by atoms with Gasteiger partial charge in [0.1, 0.15) is 0 Å². The number of carbonyl (C=O) groups excluding carboxylic acids is 2. The molecular weight excluding hydrogens is 314 g/mol. The molecule has 1 fully saturated rings. The van der Waals surface area contributed by atoms with Crippen molar-refractivity contribution in [1.82, 2.24) is 4.90 Å². The van der Waals surface area contributed by atoms with Crippen LogP contribution >= 0.6 is 11.6 Å². The van der Waals surface area contributed by atoms with Crippen molar-refractivity contribution < 1.29 is 9.59 Å². The average molecular weight is 338 g/mol. The molecule has 0 radical (unpaired) electrons. The maximum Gasteiger partial charge on any atom is 0.255 e. The summed E-state index contributed by atoms with van der Waals surface area (Å²) in [5.41, 5.74) is 6.72. The summed E-state index contributed by atoms with van der Waals surface area (Å²) in [4.78, 5) is 26.1. The van der Waals surface area contributed by atoms with Crippen molar-refractivity contribution in [3.63, 3.8) is 0 Å². The fourth-order valence-electron chi connectivity index (χ4n) is 2.62. The van der Waals surface area contributed by atoms with E-state index in [1.165, 1.54) is 6.42 Å². The Balaban J connectivity index is 1.99. The normalized spacial score (nSPS) is 16.0. The number of piperidine rings is 1. The van der Waals surface area contributed by atoms with Crippen LogP contribution in [0.2, 0.25) is 5.02 Å². The summed E-state index contributed by atoms with van der Waals surface area (Å²) in [6, 6.07) is 5.02. The number of amides is 2. The molecule has 1 aromatic carbocycles. The van der Waals surface area contributed by atoms with Crippen LogP contribution in [0.25, 0.3) is 0 Å². The number of anilines is 1. The number of likely N-dealkylation sites (tertiary alicyclic amines) is 1. The first-order chi connectivity index (χ1) is 11.0. The lowest BCUT2D eigenvalue weighted by Crippen LogP contribution is -2.35. The molecule has 0 aromatic heterocycles. The van der Waals surface area contributed by atoms with Gasteiger partial charge in [-0.15, -0.1) is 0 Å². The van der Waals surface area contributed by atoms with E-state index in [1.807, 2.05) is 11.8 Å². The van der Waals surface area contributed by atoms with Crippen molar-refractivity contribution in [1.29, 1.82) is 0 Å². The molecule has 0 bridgehead atoms. The van der Waals surface area contributed by atoms with Gasteiger partial charge in [0.15, 0.2) is 0 Å². The Morgan fingerprint density at radius 3 is 2.61 bits per heavy atom. The van der Waals surface area contributed by atoms with Crippen LogP contribution in [-0.4, -0.2) is 35.8 Å². The lowest BCUT2D eigenvalue weighted by molar-refractivity contribution is -0.116. The zero-order chi connectivity index (χ0) is 16.8. The first-order valence-electron chi connectivity index (χ1n) is 8.11. The minimum atomic E-state index is -0.103. The number of hydrogen-bond acceptors (Lipinski definition) is 3. The zero-order valence-electron chi connectivity index (χ0n) is 13.5. The second kappa shape index (κ2) is 8.31. The number of benzene rings is 1. The van der Waals surface area contributed by atoms with Crippen LogP contribution in [-0.2, 0) is 4.79 Å². The molecular formula is C17H24ClN3O2. The Morgan fingerprint density at radius 2 is 2.00 bits per heavy atom. The third-order valence-corrected chi connectivity index (χ3v) is 4.27. The summed E-state index contributed by atoms with van der Waals surface area (Å²) in [5, 5.41) is 3.15. The minimum Gasteiger partial charge on any atom is -0.339 e. The summed E-state index contributed by atoms with van der Waals surface area (Å²) < 4.78 is 0. The number of nitrogens with zero attached hydrogens (tertiary/aromatic N) is 1. The molecule has 6 heteroatoms. The van der Waals surface area contributed by atoms with Crippen LogP contribution in [0.15, 0.2) is 18.2 Å². The Kier molecular flexibility index (Phi) is 6.42. The van der Waals surface area contributed by atoms with E-state index in [2.05, 4.69) is 5.32 Å². The second-order valence-electron chi connectivity index (χ2n) is 6.11. The summed E-state index contributed by atoms with van der Waals surface area (Å²) >= 11 is 6.24. The molecule has 1 atom stereocenters. The van der Waals surface area contributed by atoms with E-state index in [-0.39, 0.29) is 17.9 Å². The van der Waals surface area contributed by atoms with Gasteiger partial charge >= 0.3 is 0 Å². The molecule has 23 heavy (non-hydrogen) atoms. The van der Waals surface area contributed by atoms with Crippen LogP contribution in [0.5, 0.6) is 0 Å². The van der Waals surface area contributed by atoms with Crippen molar-refractivity contribution in [3.05, 3.63) is 28.8 Å². The Morgan fingerprint density at radius 1 is 1.30 bits per heavy atom. The van der Waals surface area contributed by atoms with Gasteiger partial charge in [0.2, 0.25) is 5.91 Å². The van der Waals surface area contributed by atoms with E-state index in [4.69, 9.17) is 17.3 Å². The van der Waals surface area contributed by atoms with Crippen LogP contribution < -0.4 is 11.1 Å². The fourth-order valence-corrected chi connectivity index (χ4v) is 2.88. The van der Waals surface area contributed by atoms with E-state index in [9.17, 15) is 9.59 Å². The Labute approximate surface area is 142 Å². The van der Waals surface area contributed by atoms with E-state index < -0.39 is 0 Å². The van der Waals surface area contributed by atoms with Gasteiger partial charge in [-0.3, -0.25) is 9.59 Å². The summed E-state index contributed by atoms with van der Waals surface area (Å²) in [6.07, 6.45) is 4.24. The van der Waals surface area contributed by atoms with E-state index in [0.717, 1.165) is 25.9 Å². The molecule has 3 N–H and O–H groups in total. The number of rotatable bonds is 5. The first-order valence-corrected chi connectivity index (χ1v) is 8.49. The number of halogens is 1. The maximum atomic E-state index is 12.5. The molecule has 1 unspecified atom stereocenters. The topological polar surface area (TPSA) is 75.4 Å². The standard InChI is InChI=1S/C17H24ClN3O2/c1-12(19)5-8-16(22)20-13-6-7-14(15(18)11-13)17(23)21-9-3-2-4-10-21/h6-7,11-12H,2-5,8-10,19H2,1H3,(H,20,22). The number of nitrogens with two attached hydrogens (primary N) is 1. The first kappa shape index (κ1) is 17.8. The van der Waals surface area contributed by atoms with Gasteiger partial charge in [-0.1, -0.05) is 11.6 Å². The van der Waals surface area contributed by atoms with Gasteiger partial charge in [0.25, 0.3) is 5.91 Å². The van der Waals surface area contributed by atoms with E-state index in [0.29, 0.717) is 29.1 Å². The lowest BCUT2D eigenvalue weighted by atomic mass is 10.1. The third kappa shape index (κ3) is 5.22. The molecule has 1 aliphatic rings. The highest BCUT2D eigenvalue weighted by Crippen LogP contribution is 2.24. The van der Waals surface area contributed by atoms with Crippen molar-refractivity contribution in [2.45, 2.75) is 45.1 Å². The maximum absolute atomic E-state index is 12.5. The smallest absolute Gasteiger partial charge is 0.255 e. The van der Waals surface area contributed by atoms with Crippen molar-refractivity contribution in [2.24, 2.45) is 5.73 Å². The molecule has 2 rings (SSSR count). The molecule has 5 nitrogen and oxygen atoms in total. The highest BCUT2D eigenvalue weighted by atomic mass is 35.5. The molecule has 0 spiro atoms. The van der Waals surface area contributed by atoms with Crippen molar-refractivity contribution >= 4 is 29.1 Å². The molecule has 1 saturated heterocycles. The SMILES string of the molecule is CC(N)CCC(=O)Nc1ccc(C(=O)N2CCCCC2)c(Cl)c1. The molecule has 1 aliphatic heterocycles. The monoisotopic (exact) mass is 337 g/mol. The highest BCUT2D eigenvalue weighted by Gasteiger charge is 2.20. The van der Waals surface area contributed by atoms with Gasteiger partial charge in [-0.05, 0) is 50.8 Å². The summed E-state index contributed by atoms with van der Waals surface area (Å²) in [5.74, 6) is -0.141. The fraction of sp³-hybridized carbons (Fsp3) is 0.529. The minimum absolute atomic E-state index is 0.00567. The van der Waals surface area contributed by atoms with E-state index >= 15 is 0 Å². The van der Waals surface area contributed by atoms with Gasteiger partial charge in [-0.2, -0.15) is 0 Å². The van der Waals surface area contributed by atoms with Gasteiger partial charge in [-0.25, -0.2) is 0 Å². The van der Waals surface area contributed by atoms with Crippen LogP contribution in [0.4, 0.5) is 5.69 Å². The van der Waals surface area contributed by atoms with Gasteiger partial charge < -0.3 is 16.0 Å². The molecule has 126 valence electrons. The zero-order valence-corrected chi connectivity index (χ0v) is 14.2. The lowest BCUT2D eigenvalue weighted by Gasteiger charge is -2.27. The predicted molar refractivity (Wildman–Crippen MR) is 92.7 cm³/mol. The van der Waals surface area contributed by atoms with Gasteiger partial charge in [0.05, 0.1) is 10.6 Å². The Bertz CT molecular complexity index is 569. The van der Waals surface area contributed by atoms with Crippen molar-refractivity contribution in [2.75, 3.05) is 18.4 Å². The third-order valence-electron chi connectivity index (χ3n) is 3.95. The predicted octanol–water partition coefficient (Wildman–Crippen LogP) is 3.03. The Hall–Kier alpha value is -1.59. The number of hydrogen-bond donors (Lipinski definition) is 2. The van der Waals surface area contributed by atoms with Crippen LogP contribution in [0.1, 0.15) is 49.4 Å². The summed E-state index contributed by atoms with van der Waals surface area (Å²) in [6.45, 7) is 3.43.